The van der Waals surface area contributed by atoms with E-state index in [9.17, 15) is 0 Å². The van der Waals surface area contributed by atoms with Crippen LogP contribution in [0.15, 0.2) is 30.3 Å². The molecule has 1 aromatic rings. The molecular formula is C17H26AuP+. The van der Waals surface area contributed by atoms with Crippen molar-refractivity contribution in [3.63, 3.8) is 0 Å². The minimum atomic E-state index is -1.24. The third-order valence-electron chi connectivity index (χ3n) is 3.73. The molecule has 1 radical (unpaired) electrons. The van der Waals surface area contributed by atoms with Gasteiger partial charge in [-0.3, -0.25) is 0 Å². The Kier molecular flexibility index (Phi) is 8.26. The molecule has 1 aromatic carbocycles. The van der Waals surface area contributed by atoms with Gasteiger partial charge in [0.25, 0.3) is 0 Å². The summed E-state index contributed by atoms with van der Waals surface area (Å²) in [5.74, 6) is 3.43. The molecule has 109 valence electrons. The van der Waals surface area contributed by atoms with Gasteiger partial charge in [0.1, 0.15) is 0 Å². The van der Waals surface area contributed by atoms with Crippen LogP contribution >= 0.6 is 7.26 Å². The van der Waals surface area contributed by atoms with Gasteiger partial charge in [0, 0.05) is 27.9 Å². The summed E-state index contributed by atoms with van der Waals surface area (Å²) in [6, 6.07) is 10.4. The average molecular weight is 458 g/mol. The smallest absolute Gasteiger partial charge is 0.0622 e. The second-order valence-electron chi connectivity index (χ2n) is 5.72. The molecule has 0 atom stereocenters. The Bertz CT molecular complexity index is 402. The average Bonchev–Trinajstić information content (AvgIpc) is 2.29. The predicted molar refractivity (Wildman–Crippen MR) is 85.6 cm³/mol. The van der Waals surface area contributed by atoms with Gasteiger partial charge in [-0.15, -0.1) is 0 Å². The molecule has 0 saturated carbocycles. The van der Waals surface area contributed by atoms with Gasteiger partial charge >= 0.3 is 0 Å². The third-order valence-corrected chi connectivity index (χ3v) is 9.36. The summed E-state index contributed by atoms with van der Waals surface area (Å²) in [5.41, 5.74) is 6.88. The summed E-state index contributed by atoms with van der Waals surface area (Å²) >= 11 is 0. The molecule has 0 aliphatic rings. The topological polar surface area (TPSA) is 0 Å². The standard InChI is InChI=1S/C17H26P.Au/c1-14(2)18(15(3)4,16(5)6)13-12-17-10-8-7-9-11-17;/h7-11,14-16H,1-6H3;/q+1;. The Hall–Kier alpha value is -0.0497. The summed E-state index contributed by atoms with van der Waals surface area (Å²) in [4.78, 5) is 0. The van der Waals surface area contributed by atoms with Crippen molar-refractivity contribution in [2.24, 2.45) is 0 Å². The molecular weight excluding hydrogens is 432 g/mol. The van der Waals surface area contributed by atoms with E-state index in [1.807, 2.05) is 6.07 Å². The van der Waals surface area contributed by atoms with E-state index >= 15 is 0 Å². The van der Waals surface area contributed by atoms with Crippen LogP contribution in [0, 0.1) is 11.6 Å². The van der Waals surface area contributed by atoms with Crippen LogP contribution in [0.25, 0.3) is 0 Å². The number of hydrogen-bond acceptors (Lipinski definition) is 0. The molecule has 0 nitrogen and oxygen atoms in total. The molecule has 0 bridgehead atoms. The van der Waals surface area contributed by atoms with Crippen molar-refractivity contribution < 1.29 is 22.4 Å². The zero-order valence-corrected chi connectivity index (χ0v) is 15.9. The monoisotopic (exact) mass is 458 g/mol. The van der Waals surface area contributed by atoms with Gasteiger partial charge in [-0.2, -0.15) is 0 Å². The van der Waals surface area contributed by atoms with E-state index in [-0.39, 0.29) is 22.4 Å². The molecule has 19 heavy (non-hydrogen) atoms. The van der Waals surface area contributed by atoms with Crippen LogP contribution in [0.3, 0.4) is 0 Å². The van der Waals surface area contributed by atoms with Crippen molar-refractivity contribution in [2.75, 3.05) is 0 Å². The van der Waals surface area contributed by atoms with Gasteiger partial charge < -0.3 is 0 Å². The first kappa shape index (κ1) is 19.0. The van der Waals surface area contributed by atoms with Gasteiger partial charge in [-0.25, -0.2) is 0 Å². The molecule has 1 rings (SSSR count). The summed E-state index contributed by atoms with van der Waals surface area (Å²) < 4.78 is 0. The zero-order chi connectivity index (χ0) is 13.8. The van der Waals surface area contributed by atoms with E-state index in [2.05, 4.69) is 77.4 Å². The molecule has 0 aliphatic heterocycles. The van der Waals surface area contributed by atoms with Crippen molar-refractivity contribution in [3.05, 3.63) is 35.9 Å². The van der Waals surface area contributed by atoms with Crippen LogP contribution < -0.4 is 0 Å². The molecule has 0 aliphatic carbocycles. The largest absolute Gasteiger partial charge is 0.0997 e. The third kappa shape index (κ3) is 4.47. The van der Waals surface area contributed by atoms with E-state index in [1.165, 1.54) is 0 Å². The van der Waals surface area contributed by atoms with Gasteiger partial charge in [0.15, 0.2) is 0 Å². The SMILES string of the molecule is CC(C)[P+](C#Cc1ccccc1)(C(C)C)C(C)C.[Au]. The molecule has 0 N–H and O–H groups in total. The number of rotatable bonds is 3. The molecule has 0 heterocycles. The Balaban J connectivity index is 0.00000324. The van der Waals surface area contributed by atoms with Crippen molar-refractivity contribution >= 4 is 7.26 Å². The van der Waals surface area contributed by atoms with Gasteiger partial charge in [0.05, 0.1) is 29.9 Å². The summed E-state index contributed by atoms with van der Waals surface area (Å²) in [5, 5.41) is 0. The fraction of sp³-hybridized carbons (Fsp3) is 0.529. The van der Waals surface area contributed by atoms with Gasteiger partial charge in [0.2, 0.25) is 0 Å². The Morgan fingerprint density at radius 3 is 1.58 bits per heavy atom. The minimum absolute atomic E-state index is 0. The van der Waals surface area contributed by atoms with Crippen molar-refractivity contribution in [1.29, 1.82) is 0 Å². The Morgan fingerprint density at radius 2 is 1.21 bits per heavy atom. The molecule has 0 saturated heterocycles. The van der Waals surface area contributed by atoms with Crippen LogP contribution in [0.1, 0.15) is 47.1 Å². The van der Waals surface area contributed by atoms with E-state index in [4.69, 9.17) is 0 Å². The number of benzene rings is 1. The maximum Gasteiger partial charge on any atom is 0.0997 e. The van der Waals surface area contributed by atoms with Gasteiger partial charge in [-0.1, -0.05) is 18.2 Å². The molecule has 0 unspecified atom stereocenters. The van der Waals surface area contributed by atoms with Crippen molar-refractivity contribution in [2.45, 2.75) is 58.5 Å². The second kappa shape index (κ2) is 8.28. The fourth-order valence-corrected chi connectivity index (χ4v) is 7.53. The Morgan fingerprint density at radius 1 is 0.789 bits per heavy atom. The summed E-state index contributed by atoms with van der Waals surface area (Å²) in [7, 11) is -1.24. The van der Waals surface area contributed by atoms with E-state index in [0.717, 1.165) is 5.56 Å². The van der Waals surface area contributed by atoms with Crippen LogP contribution in [0.4, 0.5) is 0 Å². The second-order valence-corrected chi connectivity index (χ2v) is 10.7. The molecule has 0 amide bonds. The maximum atomic E-state index is 3.71. The first-order chi connectivity index (χ1) is 8.41. The number of hydrogen-bond donors (Lipinski definition) is 0. The van der Waals surface area contributed by atoms with Crippen LogP contribution in [0.2, 0.25) is 0 Å². The zero-order valence-electron chi connectivity index (χ0n) is 12.9. The molecule has 2 heteroatoms. The van der Waals surface area contributed by atoms with Crippen LogP contribution in [0.5, 0.6) is 0 Å². The first-order valence-corrected chi connectivity index (χ1v) is 8.87. The van der Waals surface area contributed by atoms with Crippen LogP contribution in [-0.2, 0) is 22.4 Å². The fourth-order valence-electron chi connectivity index (χ4n) is 2.86. The van der Waals surface area contributed by atoms with E-state index in [1.54, 1.807) is 0 Å². The summed E-state index contributed by atoms with van der Waals surface area (Å²) in [6.07, 6.45) is 0. The van der Waals surface area contributed by atoms with Crippen molar-refractivity contribution in [1.82, 2.24) is 0 Å². The molecule has 0 aromatic heterocycles. The Labute approximate surface area is 135 Å². The van der Waals surface area contributed by atoms with E-state index < -0.39 is 7.26 Å². The van der Waals surface area contributed by atoms with E-state index in [0.29, 0.717) is 17.0 Å². The predicted octanol–water partition coefficient (Wildman–Crippen LogP) is 5.24. The van der Waals surface area contributed by atoms with Gasteiger partial charge in [-0.05, 0) is 59.6 Å². The van der Waals surface area contributed by atoms with Crippen LogP contribution in [-0.4, -0.2) is 17.0 Å². The summed E-state index contributed by atoms with van der Waals surface area (Å²) in [6.45, 7) is 14.0. The van der Waals surface area contributed by atoms with Crippen molar-refractivity contribution in [3.8, 4) is 11.6 Å². The molecule has 0 fully saturated rings. The first-order valence-electron chi connectivity index (χ1n) is 6.87. The molecule has 0 spiro atoms. The quantitative estimate of drug-likeness (QED) is 0.331. The maximum absolute atomic E-state index is 3.71. The normalized spacial score (nSPS) is 11.2. The minimum Gasteiger partial charge on any atom is -0.0622 e.